The Morgan fingerprint density at radius 2 is 2.19 bits per heavy atom. The van der Waals surface area contributed by atoms with Gasteiger partial charge < -0.3 is 10.5 Å². The molecular weight excluding hydrogens is 284 g/mol. The van der Waals surface area contributed by atoms with Gasteiger partial charge >= 0.3 is 5.97 Å². The number of fused-ring (bicyclic) bond motifs is 1. The molecule has 0 bridgehead atoms. The first kappa shape index (κ1) is 13.6. The Hall–Kier alpha value is -2.40. The van der Waals surface area contributed by atoms with Gasteiger partial charge in [-0.2, -0.15) is 0 Å². The largest absolute Gasteiger partial charge is 0.457 e. The monoisotopic (exact) mass is 298 g/mol. The van der Waals surface area contributed by atoms with E-state index in [-0.39, 0.29) is 12.6 Å². The number of thiophene rings is 1. The van der Waals surface area contributed by atoms with Gasteiger partial charge in [-0.15, -0.1) is 11.3 Å². The van der Waals surface area contributed by atoms with Gasteiger partial charge in [0.05, 0.1) is 5.52 Å². The minimum absolute atomic E-state index is 0.237. The van der Waals surface area contributed by atoms with Crippen molar-refractivity contribution < 1.29 is 9.53 Å². The molecule has 4 nitrogen and oxygen atoms in total. The highest BCUT2D eigenvalue weighted by molar-refractivity contribution is 7.14. The van der Waals surface area contributed by atoms with Gasteiger partial charge in [0.1, 0.15) is 11.5 Å². The van der Waals surface area contributed by atoms with Crippen molar-refractivity contribution in [2.75, 3.05) is 5.73 Å². The lowest BCUT2D eigenvalue weighted by atomic mass is 10.1. The number of hydrogen-bond donors (Lipinski definition) is 1. The van der Waals surface area contributed by atoms with Crippen LogP contribution in [0.3, 0.4) is 0 Å². The van der Waals surface area contributed by atoms with Crippen molar-refractivity contribution in [1.29, 1.82) is 0 Å². The van der Waals surface area contributed by atoms with Gasteiger partial charge in [-0.05, 0) is 36.8 Å². The minimum Gasteiger partial charge on any atom is -0.457 e. The summed E-state index contributed by atoms with van der Waals surface area (Å²) < 4.78 is 5.33. The molecule has 106 valence electrons. The summed E-state index contributed by atoms with van der Waals surface area (Å²) in [5.74, 6) is -0.342. The summed E-state index contributed by atoms with van der Waals surface area (Å²) in [5.41, 5.74) is 8.23. The van der Waals surface area contributed by atoms with Crippen molar-refractivity contribution in [3.05, 3.63) is 57.9 Å². The molecule has 0 aliphatic rings. The van der Waals surface area contributed by atoms with Crippen LogP contribution in [0.2, 0.25) is 0 Å². The molecule has 0 saturated carbocycles. The normalized spacial score (nSPS) is 10.7. The number of aromatic nitrogens is 1. The van der Waals surface area contributed by atoms with Crippen molar-refractivity contribution >= 4 is 33.9 Å². The summed E-state index contributed by atoms with van der Waals surface area (Å²) in [7, 11) is 0. The first-order valence-corrected chi connectivity index (χ1v) is 7.32. The van der Waals surface area contributed by atoms with Crippen LogP contribution in [0, 0.1) is 6.92 Å². The SMILES string of the molecule is Cc1sc(C(=O)OCc2ccc3ncccc3c2)cc1N. The molecular formula is C16H14N2O2S. The number of benzene rings is 1. The molecule has 1 aromatic carbocycles. The molecule has 0 aliphatic heterocycles. The van der Waals surface area contributed by atoms with Crippen molar-refractivity contribution in [3.8, 4) is 0 Å². The van der Waals surface area contributed by atoms with Gasteiger partial charge in [-0.25, -0.2) is 4.79 Å². The molecule has 0 saturated heterocycles. The van der Waals surface area contributed by atoms with Crippen molar-refractivity contribution in [2.45, 2.75) is 13.5 Å². The third-order valence-electron chi connectivity index (χ3n) is 3.19. The minimum atomic E-state index is -0.342. The van der Waals surface area contributed by atoms with E-state index in [1.165, 1.54) is 11.3 Å². The molecule has 21 heavy (non-hydrogen) atoms. The molecule has 0 atom stereocenters. The van der Waals surface area contributed by atoms with Crippen LogP contribution in [-0.4, -0.2) is 11.0 Å². The Morgan fingerprint density at radius 1 is 1.33 bits per heavy atom. The first-order chi connectivity index (χ1) is 10.1. The van der Waals surface area contributed by atoms with Gasteiger partial charge in [0, 0.05) is 22.1 Å². The van der Waals surface area contributed by atoms with Crippen LogP contribution < -0.4 is 5.73 Å². The highest BCUT2D eigenvalue weighted by atomic mass is 32.1. The number of carbonyl (C=O) groups is 1. The lowest BCUT2D eigenvalue weighted by molar-refractivity contribution is 0.0478. The lowest BCUT2D eigenvalue weighted by Gasteiger charge is -2.04. The number of ether oxygens (including phenoxy) is 1. The number of nitrogen functional groups attached to an aromatic ring is 1. The van der Waals surface area contributed by atoms with Crippen molar-refractivity contribution in [3.63, 3.8) is 0 Å². The van der Waals surface area contributed by atoms with Gasteiger partial charge in [0.25, 0.3) is 0 Å². The zero-order valence-corrected chi connectivity index (χ0v) is 12.3. The second-order valence-electron chi connectivity index (χ2n) is 4.73. The predicted molar refractivity (Wildman–Crippen MR) is 84.3 cm³/mol. The zero-order valence-electron chi connectivity index (χ0n) is 11.5. The summed E-state index contributed by atoms with van der Waals surface area (Å²) in [6.45, 7) is 2.12. The molecule has 0 amide bonds. The maximum Gasteiger partial charge on any atom is 0.348 e. The third kappa shape index (κ3) is 2.87. The van der Waals surface area contributed by atoms with E-state index in [0.29, 0.717) is 10.6 Å². The quantitative estimate of drug-likeness (QED) is 0.751. The fourth-order valence-electron chi connectivity index (χ4n) is 2.03. The van der Waals surface area contributed by atoms with Crippen LogP contribution in [-0.2, 0) is 11.3 Å². The molecule has 0 fully saturated rings. The molecule has 3 rings (SSSR count). The number of anilines is 1. The fourth-order valence-corrected chi connectivity index (χ4v) is 2.87. The smallest absolute Gasteiger partial charge is 0.348 e. The molecule has 2 N–H and O–H groups in total. The van der Waals surface area contributed by atoms with Gasteiger partial charge in [-0.3, -0.25) is 4.98 Å². The highest BCUT2D eigenvalue weighted by Gasteiger charge is 2.12. The fraction of sp³-hybridized carbons (Fsp3) is 0.125. The lowest BCUT2D eigenvalue weighted by Crippen LogP contribution is -2.03. The Balaban J connectivity index is 1.72. The van der Waals surface area contributed by atoms with Crippen LogP contribution in [0.15, 0.2) is 42.6 Å². The number of nitrogens with two attached hydrogens (primary N) is 1. The summed E-state index contributed by atoms with van der Waals surface area (Å²) in [4.78, 5) is 17.7. The number of aryl methyl sites for hydroxylation is 1. The molecule has 2 heterocycles. The molecule has 0 unspecified atom stereocenters. The summed E-state index contributed by atoms with van der Waals surface area (Å²) in [6, 6.07) is 11.3. The molecule has 0 aliphatic carbocycles. The van der Waals surface area contributed by atoms with Crippen LogP contribution in [0.25, 0.3) is 10.9 Å². The number of rotatable bonds is 3. The van der Waals surface area contributed by atoms with Crippen molar-refractivity contribution in [2.24, 2.45) is 0 Å². The Bertz CT molecular complexity index is 791. The van der Waals surface area contributed by atoms with Gasteiger partial charge in [-0.1, -0.05) is 12.1 Å². The van der Waals surface area contributed by atoms with Gasteiger partial charge in [0.2, 0.25) is 0 Å². The number of hydrogen-bond acceptors (Lipinski definition) is 5. The molecule has 3 aromatic rings. The topological polar surface area (TPSA) is 65.2 Å². The van der Waals surface area contributed by atoms with E-state index in [9.17, 15) is 4.79 Å². The summed E-state index contributed by atoms with van der Waals surface area (Å²) >= 11 is 1.35. The Labute approximate surface area is 126 Å². The van der Waals surface area contributed by atoms with E-state index in [2.05, 4.69) is 4.98 Å². The molecule has 5 heteroatoms. The van der Waals surface area contributed by atoms with E-state index in [1.807, 2.05) is 37.3 Å². The number of nitrogens with zero attached hydrogens (tertiary/aromatic N) is 1. The average molecular weight is 298 g/mol. The van der Waals surface area contributed by atoms with Gasteiger partial charge in [0.15, 0.2) is 0 Å². The predicted octanol–water partition coefficient (Wildman–Crippen LogP) is 3.54. The number of pyridine rings is 1. The Kier molecular flexibility index (Phi) is 3.58. The zero-order chi connectivity index (χ0) is 14.8. The summed E-state index contributed by atoms with van der Waals surface area (Å²) in [6.07, 6.45) is 1.76. The van der Waals surface area contributed by atoms with Crippen LogP contribution >= 0.6 is 11.3 Å². The standard InChI is InChI=1S/C16H14N2O2S/c1-10-13(17)8-15(21-10)16(19)20-9-11-4-5-14-12(7-11)3-2-6-18-14/h2-8H,9,17H2,1H3. The van der Waals surface area contributed by atoms with Crippen molar-refractivity contribution in [1.82, 2.24) is 4.98 Å². The van der Waals surface area contributed by atoms with E-state index in [0.717, 1.165) is 21.3 Å². The average Bonchev–Trinajstić information content (AvgIpc) is 2.84. The highest BCUT2D eigenvalue weighted by Crippen LogP contribution is 2.24. The third-order valence-corrected chi connectivity index (χ3v) is 4.24. The second-order valence-corrected chi connectivity index (χ2v) is 5.99. The Morgan fingerprint density at radius 3 is 2.95 bits per heavy atom. The number of esters is 1. The van der Waals surface area contributed by atoms with E-state index in [1.54, 1.807) is 12.3 Å². The maximum atomic E-state index is 12.0. The number of carbonyl (C=O) groups excluding carboxylic acids is 1. The van der Waals surface area contributed by atoms with Crippen LogP contribution in [0.1, 0.15) is 20.1 Å². The van der Waals surface area contributed by atoms with E-state index >= 15 is 0 Å². The molecule has 2 aromatic heterocycles. The first-order valence-electron chi connectivity index (χ1n) is 6.50. The van der Waals surface area contributed by atoms with E-state index < -0.39 is 0 Å². The molecule has 0 radical (unpaired) electrons. The second kappa shape index (κ2) is 5.54. The van der Waals surface area contributed by atoms with E-state index in [4.69, 9.17) is 10.5 Å². The maximum absolute atomic E-state index is 12.0. The summed E-state index contributed by atoms with van der Waals surface area (Å²) in [5, 5.41) is 1.03. The van der Waals surface area contributed by atoms with Crippen LogP contribution in [0.4, 0.5) is 5.69 Å². The molecule has 0 spiro atoms. The van der Waals surface area contributed by atoms with Crippen LogP contribution in [0.5, 0.6) is 0 Å².